The van der Waals surface area contributed by atoms with Crippen molar-refractivity contribution in [1.82, 2.24) is 5.16 Å². The molecule has 0 unspecified atom stereocenters. The number of hydrogen-bond acceptors (Lipinski definition) is 6. The standard InChI is InChI=1S/C13H10BrNO6/c14-6-4-8-12(20-3-1-2-19-8)10(11(6)16)7-5-9(13(17)18)21-15-7/h4-5,16H,1-3H2,(H,17,18). The first kappa shape index (κ1) is 13.7. The lowest BCUT2D eigenvalue weighted by molar-refractivity contribution is 0.0652. The molecule has 0 saturated carbocycles. The number of ether oxygens (including phenoxy) is 2. The van der Waals surface area contributed by atoms with Crippen LogP contribution < -0.4 is 9.47 Å². The van der Waals surface area contributed by atoms with Gasteiger partial charge in [0.25, 0.3) is 0 Å². The smallest absolute Gasteiger partial charge is 0.374 e. The zero-order valence-electron chi connectivity index (χ0n) is 10.6. The Morgan fingerprint density at radius 1 is 1.29 bits per heavy atom. The highest BCUT2D eigenvalue weighted by Gasteiger charge is 2.25. The first-order valence-corrected chi connectivity index (χ1v) is 6.88. The van der Waals surface area contributed by atoms with Gasteiger partial charge in [-0.2, -0.15) is 0 Å². The van der Waals surface area contributed by atoms with E-state index >= 15 is 0 Å². The Morgan fingerprint density at radius 2 is 2.05 bits per heavy atom. The van der Waals surface area contributed by atoms with Gasteiger partial charge >= 0.3 is 5.97 Å². The van der Waals surface area contributed by atoms with Crippen molar-refractivity contribution >= 4 is 21.9 Å². The van der Waals surface area contributed by atoms with Crippen molar-refractivity contribution in [2.24, 2.45) is 0 Å². The first-order chi connectivity index (χ1) is 10.1. The van der Waals surface area contributed by atoms with Gasteiger partial charge in [-0.1, -0.05) is 5.16 Å². The van der Waals surface area contributed by atoms with Gasteiger partial charge in [-0.15, -0.1) is 0 Å². The third-order valence-corrected chi connectivity index (χ3v) is 3.55. The zero-order chi connectivity index (χ0) is 15.0. The lowest BCUT2D eigenvalue weighted by Crippen LogP contribution is -1.98. The van der Waals surface area contributed by atoms with Crippen LogP contribution in [0.4, 0.5) is 0 Å². The number of carbonyl (C=O) groups is 1. The van der Waals surface area contributed by atoms with E-state index in [9.17, 15) is 9.90 Å². The molecule has 1 aliphatic rings. The molecule has 1 aliphatic heterocycles. The summed E-state index contributed by atoms with van der Waals surface area (Å²) in [5, 5.41) is 22.8. The summed E-state index contributed by atoms with van der Waals surface area (Å²) in [6.07, 6.45) is 0.700. The molecule has 0 fully saturated rings. The molecule has 0 amide bonds. The van der Waals surface area contributed by atoms with Gasteiger partial charge in [0.1, 0.15) is 11.4 Å². The van der Waals surface area contributed by atoms with E-state index in [-0.39, 0.29) is 22.8 Å². The van der Waals surface area contributed by atoms with Crippen molar-refractivity contribution < 1.29 is 29.0 Å². The van der Waals surface area contributed by atoms with E-state index in [4.69, 9.17) is 19.1 Å². The minimum Gasteiger partial charge on any atom is -0.506 e. The van der Waals surface area contributed by atoms with Gasteiger partial charge < -0.3 is 24.2 Å². The largest absolute Gasteiger partial charge is 0.506 e. The SMILES string of the molecule is O=C(O)c1cc(-c2c(O)c(Br)cc3c2OCCCO3)no1. The Kier molecular flexibility index (Phi) is 3.46. The molecule has 7 nitrogen and oxygen atoms in total. The van der Waals surface area contributed by atoms with Crippen molar-refractivity contribution in [2.75, 3.05) is 13.2 Å². The number of rotatable bonds is 2. The van der Waals surface area contributed by atoms with Crippen LogP contribution in [0.2, 0.25) is 0 Å². The normalized spacial score (nSPS) is 13.8. The highest BCUT2D eigenvalue weighted by molar-refractivity contribution is 9.10. The first-order valence-electron chi connectivity index (χ1n) is 6.09. The zero-order valence-corrected chi connectivity index (χ0v) is 12.2. The highest BCUT2D eigenvalue weighted by Crippen LogP contribution is 2.48. The molecule has 1 aromatic heterocycles. The van der Waals surface area contributed by atoms with Crippen molar-refractivity contribution in [3.8, 4) is 28.5 Å². The number of carboxylic acids is 1. The quantitative estimate of drug-likeness (QED) is 0.853. The predicted octanol–water partition coefficient (Wildman–Crippen LogP) is 2.67. The summed E-state index contributed by atoms with van der Waals surface area (Å²) >= 11 is 3.22. The van der Waals surface area contributed by atoms with Crippen LogP contribution in [0.15, 0.2) is 21.1 Å². The fourth-order valence-corrected chi connectivity index (χ4v) is 2.40. The molecule has 0 radical (unpaired) electrons. The summed E-state index contributed by atoms with van der Waals surface area (Å²) in [5.41, 5.74) is 0.394. The Balaban J connectivity index is 2.19. The van der Waals surface area contributed by atoms with Crippen LogP contribution in [0.25, 0.3) is 11.3 Å². The maximum atomic E-state index is 10.9. The third-order valence-electron chi connectivity index (χ3n) is 2.94. The van der Waals surface area contributed by atoms with Crippen LogP contribution in [-0.2, 0) is 0 Å². The van der Waals surface area contributed by atoms with Crippen LogP contribution in [0, 0.1) is 0 Å². The Bertz CT molecular complexity index is 711. The number of aromatic nitrogens is 1. The number of fused-ring (bicyclic) bond motifs is 1. The van der Waals surface area contributed by atoms with Crippen LogP contribution in [0.1, 0.15) is 17.0 Å². The second-order valence-corrected chi connectivity index (χ2v) is 5.20. The number of aromatic carboxylic acids is 1. The number of aromatic hydroxyl groups is 1. The summed E-state index contributed by atoms with van der Waals surface area (Å²) < 4.78 is 16.3. The number of nitrogens with zero attached hydrogens (tertiary/aromatic N) is 1. The second-order valence-electron chi connectivity index (χ2n) is 4.34. The summed E-state index contributed by atoms with van der Waals surface area (Å²) in [7, 11) is 0. The minimum atomic E-state index is -1.24. The lowest BCUT2D eigenvalue weighted by atomic mass is 10.1. The molecule has 0 spiro atoms. The number of phenols is 1. The topological polar surface area (TPSA) is 102 Å². The molecule has 110 valence electrons. The molecule has 1 aromatic carbocycles. The molecule has 3 rings (SSSR count). The molecular weight excluding hydrogens is 346 g/mol. The van der Waals surface area contributed by atoms with Gasteiger partial charge in [-0.3, -0.25) is 0 Å². The number of carboxylic acid groups (broad SMARTS) is 1. The van der Waals surface area contributed by atoms with E-state index in [1.54, 1.807) is 6.07 Å². The number of halogens is 1. The molecule has 21 heavy (non-hydrogen) atoms. The van der Waals surface area contributed by atoms with E-state index in [2.05, 4.69) is 21.1 Å². The van der Waals surface area contributed by atoms with Crippen molar-refractivity contribution in [3.05, 3.63) is 22.4 Å². The van der Waals surface area contributed by atoms with E-state index in [0.717, 1.165) is 0 Å². The van der Waals surface area contributed by atoms with Gasteiger partial charge in [0.2, 0.25) is 5.76 Å². The summed E-state index contributed by atoms with van der Waals surface area (Å²) in [6.45, 7) is 0.910. The van der Waals surface area contributed by atoms with Gasteiger partial charge in [0, 0.05) is 18.6 Å². The molecule has 0 atom stereocenters. The average molecular weight is 356 g/mol. The van der Waals surface area contributed by atoms with E-state index < -0.39 is 5.97 Å². The van der Waals surface area contributed by atoms with Gasteiger partial charge in [0.15, 0.2) is 11.5 Å². The fraction of sp³-hybridized carbons (Fsp3) is 0.231. The summed E-state index contributed by atoms with van der Waals surface area (Å²) in [5.74, 6) is -0.922. The minimum absolute atomic E-state index is 0.121. The molecule has 2 aromatic rings. The van der Waals surface area contributed by atoms with Crippen LogP contribution in [-0.4, -0.2) is 34.6 Å². The predicted molar refractivity (Wildman–Crippen MR) is 73.9 cm³/mol. The fourth-order valence-electron chi connectivity index (χ4n) is 2.00. The van der Waals surface area contributed by atoms with E-state index in [1.165, 1.54) is 6.07 Å². The van der Waals surface area contributed by atoms with Crippen LogP contribution in [0.5, 0.6) is 17.2 Å². The molecule has 0 bridgehead atoms. The summed E-state index contributed by atoms with van der Waals surface area (Å²) in [6, 6.07) is 2.82. The summed E-state index contributed by atoms with van der Waals surface area (Å²) in [4.78, 5) is 10.9. The van der Waals surface area contributed by atoms with Gasteiger partial charge in [-0.05, 0) is 15.9 Å². The van der Waals surface area contributed by atoms with Gasteiger partial charge in [0.05, 0.1) is 23.2 Å². The highest BCUT2D eigenvalue weighted by atomic mass is 79.9. The van der Waals surface area contributed by atoms with Crippen LogP contribution in [0.3, 0.4) is 0 Å². The molecule has 0 saturated heterocycles. The van der Waals surface area contributed by atoms with Crippen molar-refractivity contribution in [3.63, 3.8) is 0 Å². The molecule has 2 N–H and O–H groups in total. The van der Waals surface area contributed by atoms with Crippen molar-refractivity contribution in [2.45, 2.75) is 6.42 Å². The van der Waals surface area contributed by atoms with Crippen molar-refractivity contribution in [1.29, 1.82) is 0 Å². The Morgan fingerprint density at radius 3 is 2.76 bits per heavy atom. The molecule has 2 heterocycles. The van der Waals surface area contributed by atoms with Crippen LogP contribution >= 0.6 is 15.9 Å². The Labute approximate surface area is 127 Å². The average Bonchev–Trinajstić information content (AvgIpc) is 2.82. The van der Waals surface area contributed by atoms with E-state index in [1.807, 2.05) is 0 Å². The maximum Gasteiger partial charge on any atom is 0.374 e. The molecular formula is C13H10BrNO6. The number of benzene rings is 1. The molecule has 0 aliphatic carbocycles. The Hall–Kier alpha value is -2.22. The molecule has 8 heteroatoms. The monoisotopic (exact) mass is 355 g/mol. The van der Waals surface area contributed by atoms with E-state index in [0.29, 0.717) is 35.6 Å². The number of phenolic OH excluding ortho intramolecular Hbond substituents is 1. The second kappa shape index (κ2) is 5.28. The van der Waals surface area contributed by atoms with Gasteiger partial charge in [-0.25, -0.2) is 4.79 Å². The lowest BCUT2D eigenvalue weighted by Gasteiger charge is -2.13. The maximum absolute atomic E-state index is 10.9. The third kappa shape index (κ3) is 2.42. The number of hydrogen-bond donors (Lipinski definition) is 2.